The quantitative estimate of drug-likeness (QED) is 0.774. The zero-order valence-electron chi connectivity index (χ0n) is 13.8. The van der Waals surface area contributed by atoms with Crippen LogP contribution in [0.5, 0.6) is 0 Å². The molecule has 0 bridgehead atoms. The van der Waals surface area contributed by atoms with E-state index in [1.807, 2.05) is 65.8 Å². The van der Waals surface area contributed by atoms with Crippen molar-refractivity contribution in [3.05, 3.63) is 29.8 Å². The molecule has 0 spiro atoms. The Labute approximate surface area is 123 Å². The van der Waals surface area contributed by atoms with Gasteiger partial charge in [0.25, 0.3) is 0 Å². The molecule has 1 rings (SSSR count). The van der Waals surface area contributed by atoms with Crippen molar-refractivity contribution in [1.29, 1.82) is 0 Å². The normalized spacial score (nSPS) is 12.6. The largest absolute Gasteiger partial charge is 0.494 e. The molecule has 0 atom stereocenters. The van der Waals surface area contributed by atoms with Crippen molar-refractivity contribution in [3.8, 4) is 0 Å². The molecule has 0 saturated carbocycles. The molecule has 0 aliphatic carbocycles. The Morgan fingerprint density at radius 2 is 1.40 bits per heavy atom. The van der Waals surface area contributed by atoms with Crippen molar-refractivity contribution in [1.82, 2.24) is 0 Å². The zero-order valence-corrected chi connectivity index (χ0v) is 13.8. The van der Waals surface area contributed by atoms with E-state index in [2.05, 4.69) is 0 Å². The molecule has 0 aliphatic heterocycles. The van der Waals surface area contributed by atoms with Crippen LogP contribution in [-0.2, 0) is 20.7 Å². The lowest BCUT2D eigenvalue weighted by Crippen LogP contribution is -2.48. The van der Waals surface area contributed by atoms with Crippen LogP contribution in [0.2, 0.25) is 0 Å². The first-order valence-electron chi connectivity index (χ1n) is 7.05. The van der Waals surface area contributed by atoms with Crippen molar-refractivity contribution in [2.45, 2.75) is 59.4 Å². The van der Waals surface area contributed by atoms with E-state index >= 15 is 0 Å². The Hall–Kier alpha value is -0.835. The Balaban J connectivity index is 3.09. The molecule has 0 fully saturated rings. The lowest BCUT2D eigenvalue weighted by atomic mass is 9.74. The van der Waals surface area contributed by atoms with Gasteiger partial charge in [0.2, 0.25) is 0 Å². The van der Waals surface area contributed by atoms with Gasteiger partial charge in [-0.2, -0.15) is 0 Å². The predicted molar refractivity (Wildman–Crippen MR) is 84.2 cm³/mol. The molecule has 4 heteroatoms. The molecule has 1 aromatic carbocycles. The van der Waals surface area contributed by atoms with Crippen molar-refractivity contribution in [3.63, 3.8) is 0 Å². The van der Waals surface area contributed by atoms with Gasteiger partial charge in [0, 0.05) is 18.3 Å². The molecular weight excluding hydrogens is 251 g/mol. The van der Waals surface area contributed by atoms with E-state index in [0.717, 1.165) is 11.0 Å². The summed E-state index contributed by atoms with van der Waals surface area (Å²) in [4.78, 5) is 0. The molecule has 1 aromatic rings. The van der Waals surface area contributed by atoms with Crippen LogP contribution in [0.3, 0.4) is 0 Å². The molecule has 0 N–H and O–H groups in total. The summed E-state index contributed by atoms with van der Waals surface area (Å²) in [5.74, 6) is 0. The number of rotatable bonds is 5. The maximum atomic E-state index is 6.11. The highest BCUT2D eigenvalue weighted by Gasteiger charge is 2.33. The van der Waals surface area contributed by atoms with Gasteiger partial charge in [0.1, 0.15) is 0 Å². The highest BCUT2D eigenvalue weighted by atomic mass is 16.6. The van der Waals surface area contributed by atoms with Gasteiger partial charge in [-0.25, -0.2) is 0 Å². The van der Waals surface area contributed by atoms with E-state index < -0.39 is 7.12 Å². The highest BCUT2D eigenvalue weighted by Crippen LogP contribution is 2.17. The van der Waals surface area contributed by atoms with Crippen molar-refractivity contribution >= 4 is 12.6 Å². The molecule has 0 radical (unpaired) electrons. The Kier molecular flexibility index (Phi) is 5.81. The predicted octanol–water partition coefficient (Wildman–Crippen LogP) is 3.16. The van der Waals surface area contributed by atoms with Crippen LogP contribution in [0.1, 0.15) is 47.1 Å². The number of methoxy groups -OCH3 is 1. The summed E-state index contributed by atoms with van der Waals surface area (Å²) >= 11 is 0. The highest BCUT2D eigenvalue weighted by molar-refractivity contribution is 6.62. The first-order chi connectivity index (χ1) is 9.12. The fourth-order valence-electron chi connectivity index (χ4n) is 1.84. The molecule has 0 unspecified atom stereocenters. The van der Waals surface area contributed by atoms with E-state index in [0.29, 0.717) is 6.61 Å². The maximum Gasteiger partial charge on any atom is 0.494 e. The van der Waals surface area contributed by atoms with Crippen molar-refractivity contribution in [2.24, 2.45) is 0 Å². The molecular formula is C16H27BO3. The smallest absolute Gasteiger partial charge is 0.403 e. The molecule has 0 aliphatic rings. The van der Waals surface area contributed by atoms with E-state index in [1.54, 1.807) is 7.11 Å². The summed E-state index contributed by atoms with van der Waals surface area (Å²) in [6.45, 7) is 12.7. The van der Waals surface area contributed by atoms with Crippen LogP contribution < -0.4 is 5.46 Å². The minimum atomic E-state index is -0.402. The summed E-state index contributed by atoms with van der Waals surface area (Å²) in [7, 11) is 1.29. The molecule has 20 heavy (non-hydrogen) atoms. The van der Waals surface area contributed by atoms with E-state index in [9.17, 15) is 0 Å². The van der Waals surface area contributed by atoms with E-state index in [1.165, 1.54) is 0 Å². The summed E-state index contributed by atoms with van der Waals surface area (Å²) < 4.78 is 17.5. The average molecular weight is 278 g/mol. The lowest BCUT2D eigenvalue weighted by Gasteiger charge is -2.31. The van der Waals surface area contributed by atoms with Gasteiger partial charge < -0.3 is 14.0 Å². The van der Waals surface area contributed by atoms with Gasteiger partial charge in [-0.3, -0.25) is 0 Å². The number of hydrogen-bond acceptors (Lipinski definition) is 3. The topological polar surface area (TPSA) is 27.7 Å². The lowest BCUT2D eigenvalue weighted by molar-refractivity contribution is 0.0406. The van der Waals surface area contributed by atoms with Crippen LogP contribution in [0.4, 0.5) is 0 Å². The monoisotopic (exact) mass is 278 g/mol. The van der Waals surface area contributed by atoms with Crippen molar-refractivity contribution < 1.29 is 14.0 Å². The second-order valence-electron chi connectivity index (χ2n) is 6.92. The molecule has 3 nitrogen and oxygen atoms in total. The number of ether oxygens (including phenoxy) is 1. The fraction of sp³-hybridized carbons (Fsp3) is 0.625. The summed E-state index contributed by atoms with van der Waals surface area (Å²) in [6, 6.07) is 8.09. The number of hydrogen-bond donors (Lipinski definition) is 0. The second kappa shape index (κ2) is 6.75. The van der Waals surface area contributed by atoms with Crippen LogP contribution in [0, 0.1) is 0 Å². The van der Waals surface area contributed by atoms with Crippen LogP contribution in [-0.4, -0.2) is 25.4 Å². The van der Waals surface area contributed by atoms with Crippen molar-refractivity contribution in [2.75, 3.05) is 7.11 Å². The van der Waals surface area contributed by atoms with Gasteiger partial charge in [-0.1, -0.05) is 24.3 Å². The van der Waals surface area contributed by atoms with Gasteiger partial charge in [0.05, 0.1) is 6.61 Å². The van der Waals surface area contributed by atoms with Crippen LogP contribution in [0.25, 0.3) is 0 Å². The maximum absolute atomic E-state index is 6.11. The standard InChI is InChI=1S/C16H27BO3/c1-15(2,3)19-17(20-16(4,5)6)14-11-9-8-10-13(14)12-18-7/h8-11H,12H2,1-7H3. The van der Waals surface area contributed by atoms with Crippen LogP contribution in [0.15, 0.2) is 24.3 Å². The first kappa shape index (κ1) is 17.2. The van der Waals surface area contributed by atoms with Gasteiger partial charge in [-0.05, 0) is 52.6 Å². The second-order valence-corrected chi connectivity index (χ2v) is 6.92. The van der Waals surface area contributed by atoms with Gasteiger partial charge in [-0.15, -0.1) is 0 Å². The minimum Gasteiger partial charge on any atom is -0.403 e. The van der Waals surface area contributed by atoms with Gasteiger partial charge in [0.15, 0.2) is 0 Å². The average Bonchev–Trinajstić information content (AvgIpc) is 2.25. The first-order valence-corrected chi connectivity index (χ1v) is 7.05. The fourth-order valence-corrected chi connectivity index (χ4v) is 1.84. The van der Waals surface area contributed by atoms with Crippen LogP contribution >= 0.6 is 0 Å². The SMILES string of the molecule is COCc1ccccc1B(OC(C)(C)C)OC(C)(C)C. The summed E-state index contributed by atoms with van der Waals surface area (Å²) in [6.07, 6.45) is 0. The molecule has 0 aromatic heterocycles. The molecule has 0 amide bonds. The Bertz CT molecular complexity index is 402. The zero-order chi connectivity index (χ0) is 15.4. The Morgan fingerprint density at radius 3 is 1.85 bits per heavy atom. The summed E-state index contributed by atoms with van der Waals surface area (Å²) in [5, 5.41) is 0. The summed E-state index contributed by atoms with van der Waals surface area (Å²) in [5.41, 5.74) is 1.55. The molecule has 112 valence electrons. The minimum absolute atomic E-state index is 0.282. The Morgan fingerprint density at radius 1 is 0.900 bits per heavy atom. The van der Waals surface area contributed by atoms with Gasteiger partial charge >= 0.3 is 7.12 Å². The number of benzene rings is 1. The van der Waals surface area contributed by atoms with E-state index in [-0.39, 0.29) is 11.2 Å². The van der Waals surface area contributed by atoms with E-state index in [4.69, 9.17) is 14.0 Å². The third-order valence-electron chi connectivity index (χ3n) is 2.53. The molecule has 0 saturated heterocycles. The third-order valence-corrected chi connectivity index (χ3v) is 2.53. The third kappa shape index (κ3) is 6.08. The molecule has 0 heterocycles.